The average Bonchev–Trinajstić information content (AvgIpc) is 3.02. The minimum Gasteiger partial charge on any atom is -0.456 e. The smallest absolute Gasteiger partial charge is 0.136 e. The average molecular weight is 349 g/mol. The van der Waals surface area contributed by atoms with Gasteiger partial charge in [-0.1, -0.05) is 49.7 Å². The molecule has 3 aromatic carbocycles. The summed E-state index contributed by atoms with van der Waals surface area (Å²) in [6, 6.07) is 21.6. The van der Waals surface area contributed by atoms with E-state index >= 15 is 0 Å². The van der Waals surface area contributed by atoms with Crippen molar-refractivity contribution in [3.8, 4) is 11.3 Å². The molecular formula is C25H19NO. The summed E-state index contributed by atoms with van der Waals surface area (Å²) in [5, 5.41) is 3.62. The Morgan fingerprint density at radius 3 is 2.44 bits per heavy atom. The van der Waals surface area contributed by atoms with Crippen molar-refractivity contribution >= 4 is 32.8 Å². The number of hydrogen-bond donors (Lipinski definition) is 0. The van der Waals surface area contributed by atoms with Crippen LogP contribution in [-0.2, 0) is 5.41 Å². The van der Waals surface area contributed by atoms with Gasteiger partial charge < -0.3 is 4.42 Å². The minimum absolute atomic E-state index is 0.171. The predicted molar refractivity (Wildman–Crippen MR) is 111 cm³/mol. The largest absolute Gasteiger partial charge is 0.456 e. The highest BCUT2D eigenvalue weighted by atomic mass is 16.3. The fraction of sp³-hybridized carbons (Fsp3) is 0.160. The first-order chi connectivity index (χ1) is 13.0. The van der Waals surface area contributed by atoms with Crippen molar-refractivity contribution in [1.82, 2.24) is 4.98 Å². The summed E-state index contributed by atoms with van der Waals surface area (Å²) in [7, 11) is 0. The minimum atomic E-state index is -0.171. The van der Waals surface area contributed by atoms with Crippen LogP contribution in [0.15, 0.2) is 65.1 Å². The number of pyridine rings is 1. The van der Waals surface area contributed by atoms with Crippen molar-refractivity contribution in [2.45, 2.75) is 26.2 Å². The van der Waals surface area contributed by atoms with E-state index in [9.17, 15) is 0 Å². The van der Waals surface area contributed by atoms with Crippen molar-refractivity contribution in [2.24, 2.45) is 0 Å². The second kappa shape index (κ2) is 4.77. The second-order valence-electron chi connectivity index (χ2n) is 8.17. The highest BCUT2D eigenvalue weighted by molar-refractivity contribution is 6.15. The van der Waals surface area contributed by atoms with Crippen LogP contribution in [0.1, 0.15) is 30.5 Å². The Morgan fingerprint density at radius 2 is 1.59 bits per heavy atom. The molecule has 0 saturated heterocycles. The van der Waals surface area contributed by atoms with Crippen LogP contribution in [0.25, 0.3) is 44.1 Å². The van der Waals surface area contributed by atoms with Crippen LogP contribution < -0.4 is 0 Å². The van der Waals surface area contributed by atoms with Crippen molar-refractivity contribution in [2.75, 3.05) is 0 Å². The number of furan rings is 1. The molecule has 0 aliphatic heterocycles. The van der Waals surface area contributed by atoms with Crippen molar-refractivity contribution < 1.29 is 4.42 Å². The zero-order chi connectivity index (χ0) is 18.3. The Balaban J connectivity index is 1.89. The number of benzene rings is 3. The zero-order valence-electron chi connectivity index (χ0n) is 15.6. The third-order valence-corrected chi connectivity index (χ3v) is 6.09. The molecule has 0 atom stereocenters. The molecule has 5 aromatic rings. The quantitative estimate of drug-likeness (QED) is 0.309. The van der Waals surface area contributed by atoms with E-state index in [1.807, 2.05) is 0 Å². The lowest BCUT2D eigenvalue weighted by molar-refractivity contribution is 0.642. The van der Waals surface area contributed by atoms with Crippen molar-refractivity contribution in [3.63, 3.8) is 0 Å². The molecule has 0 spiro atoms. The number of rotatable bonds is 0. The highest BCUT2D eigenvalue weighted by Gasteiger charge is 2.34. The van der Waals surface area contributed by atoms with Gasteiger partial charge >= 0.3 is 0 Å². The zero-order valence-corrected chi connectivity index (χ0v) is 15.6. The Hall–Kier alpha value is -3.13. The number of fused-ring (bicyclic) bond motifs is 3. The molecule has 1 aliphatic rings. The molecule has 6 rings (SSSR count). The van der Waals surface area contributed by atoms with E-state index in [1.54, 1.807) is 0 Å². The number of aryl methyl sites for hydroxylation is 1. The molecule has 2 aromatic heterocycles. The van der Waals surface area contributed by atoms with Crippen LogP contribution in [0.3, 0.4) is 0 Å². The summed E-state index contributed by atoms with van der Waals surface area (Å²) in [6.45, 7) is 6.73. The van der Waals surface area contributed by atoms with Gasteiger partial charge in [0.05, 0.1) is 11.2 Å². The molecule has 1 aliphatic carbocycles. The van der Waals surface area contributed by atoms with Crippen LogP contribution in [0, 0.1) is 6.92 Å². The van der Waals surface area contributed by atoms with Gasteiger partial charge in [-0.05, 0) is 48.4 Å². The third-order valence-electron chi connectivity index (χ3n) is 6.09. The lowest BCUT2D eigenvalue weighted by Gasteiger charge is -2.27. The molecular weight excluding hydrogens is 330 g/mol. The van der Waals surface area contributed by atoms with Crippen molar-refractivity contribution in [1.29, 1.82) is 0 Å². The van der Waals surface area contributed by atoms with Gasteiger partial charge in [-0.2, -0.15) is 0 Å². The molecule has 2 nitrogen and oxygen atoms in total. The monoisotopic (exact) mass is 349 g/mol. The third kappa shape index (κ3) is 1.83. The van der Waals surface area contributed by atoms with Gasteiger partial charge in [0.15, 0.2) is 0 Å². The summed E-state index contributed by atoms with van der Waals surface area (Å²) in [5.74, 6) is 0. The van der Waals surface area contributed by atoms with Gasteiger partial charge in [0.2, 0.25) is 0 Å². The molecule has 0 fully saturated rings. The maximum Gasteiger partial charge on any atom is 0.136 e. The molecule has 0 N–H and O–H groups in total. The van der Waals surface area contributed by atoms with Crippen molar-refractivity contribution in [3.05, 3.63) is 77.4 Å². The summed E-state index contributed by atoms with van der Waals surface area (Å²) in [4.78, 5) is 5.15. The summed E-state index contributed by atoms with van der Waals surface area (Å²) in [5.41, 5.74) is 8.84. The molecule has 0 saturated carbocycles. The maximum absolute atomic E-state index is 6.19. The van der Waals surface area contributed by atoms with Crippen LogP contribution in [0.5, 0.6) is 0 Å². The van der Waals surface area contributed by atoms with Crippen LogP contribution in [0.2, 0.25) is 0 Å². The van der Waals surface area contributed by atoms with Crippen LogP contribution >= 0.6 is 0 Å². The van der Waals surface area contributed by atoms with E-state index in [0.29, 0.717) is 0 Å². The van der Waals surface area contributed by atoms with Gasteiger partial charge in [0.25, 0.3) is 0 Å². The van der Waals surface area contributed by atoms with Gasteiger partial charge in [-0.15, -0.1) is 0 Å². The molecule has 0 radical (unpaired) electrons. The van der Waals surface area contributed by atoms with Gasteiger partial charge in [0, 0.05) is 27.1 Å². The maximum atomic E-state index is 6.19. The Morgan fingerprint density at radius 1 is 0.815 bits per heavy atom. The Bertz CT molecular complexity index is 1400. The van der Waals surface area contributed by atoms with E-state index in [-0.39, 0.29) is 5.41 Å². The van der Waals surface area contributed by atoms with Gasteiger partial charge in [0.1, 0.15) is 11.2 Å². The van der Waals surface area contributed by atoms with E-state index in [1.165, 1.54) is 38.4 Å². The summed E-state index contributed by atoms with van der Waals surface area (Å²) < 4.78 is 6.19. The molecule has 0 amide bonds. The topological polar surface area (TPSA) is 26.0 Å². The first kappa shape index (κ1) is 15.0. The van der Waals surface area contributed by atoms with Crippen LogP contribution in [-0.4, -0.2) is 4.98 Å². The molecule has 130 valence electrons. The Kier molecular flexibility index (Phi) is 2.65. The summed E-state index contributed by atoms with van der Waals surface area (Å²) in [6.07, 6.45) is 0. The van der Waals surface area contributed by atoms with E-state index in [2.05, 4.69) is 81.4 Å². The first-order valence-corrected chi connectivity index (χ1v) is 9.41. The summed E-state index contributed by atoms with van der Waals surface area (Å²) >= 11 is 0. The number of aromatic nitrogens is 1. The van der Waals surface area contributed by atoms with Gasteiger partial charge in [-0.3, -0.25) is 0 Å². The predicted octanol–water partition coefficient (Wildman–Crippen LogP) is 6.75. The van der Waals surface area contributed by atoms with Gasteiger partial charge in [-0.25, -0.2) is 4.98 Å². The lowest BCUT2D eigenvalue weighted by Crippen LogP contribution is -2.20. The number of nitrogens with zero attached hydrogens (tertiary/aromatic N) is 1. The SMILES string of the molecule is Cc1ccc2nc3c(cc2c1)C(C)(C)c1cccc2oc4cccc-3c4c12. The number of hydrogen-bond acceptors (Lipinski definition) is 2. The fourth-order valence-electron chi connectivity index (χ4n) is 4.71. The highest BCUT2D eigenvalue weighted by Crippen LogP contribution is 2.49. The molecule has 0 unspecified atom stereocenters. The van der Waals surface area contributed by atoms with E-state index in [4.69, 9.17) is 9.40 Å². The Labute approximate surface area is 157 Å². The lowest BCUT2D eigenvalue weighted by atomic mass is 9.76. The standard InChI is InChI=1S/C25H19NO/c1-14-10-11-19-15(12-14)13-18-24(26-19)16-6-4-8-20-22(16)23-17(25(18,2)3)7-5-9-21(23)27-20/h4-13H,1-3H3. The van der Waals surface area contributed by atoms with Crippen LogP contribution in [0.4, 0.5) is 0 Å². The second-order valence-corrected chi connectivity index (χ2v) is 8.17. The molecule has 0 bridgehead atoms. The molecule has 2 heterocycles. The molecule has 27 heavy (non-hydrogen) atoms. The van der Waals surface area contributed by atoms with E-state index < -0.39 is 0 Å². The van der Waals surface area contributed by atoms with E-state index in [0.717, 1.165) is 22.4 Å². The fourth-order valence-corrected chi connectivity index (χ4v) is 4.71. The first-order valence-electron chi connectivity index (χ1n) is 9.41. The molecule has 2 heteroatoms. The normalized spacial score (nSPS) is 14.8.